The number of pyridine rings is 3. The minimum atomic E-state index is -0.0507. The fourth-order valence-corrected chi connectivity index (χ4v) is 6.14. The van der Waals surface area contributed by atoms with Gasteiger partial charge in [0, 0.05) is 61.1 Å². The number of hydrogen-bond donors (Lipinski definition) is 0. The summed E-state index contributed by atoms with van der Waals surface area (Å²) in [6, 6.07) is 38.7. The maximum atomic E-state index is 5.81. The molecule has 0 amide bonds. The quantitative estimate of drug-likeness (QED) is 0.166. The number of furan rings is 1. The third kappa shape index (κ3) is 7.71. The fraction of sp³-hybridized carbons (Fsp3) is 0.196. The van der Waals surface area contributed by atoms with Crippen molar-refractivity contribution in [3.8, 4) is 22.5 Å². The van der Waals surface area contributed by atoms with Gasteiger partial charge in [0.15, 0.2) is 0 Å². The van der Waals surface area contributed by atoms with Gasteiger partial charge >= 0.3 is 0 Å². The summed E-state index contributed by atoms with van der Waals surface area (Å²) in [5, 5.41) is 4.45. The molecule has 0 aliphatic heterocycles. The van der Waals surface area contributed by atoms with Crippen LogP contribution in [0.2, 0.25) is 0 Å². The molecule has 0 unspecified atom stereocenters. The molecule has 4 nitrogen and oxygen atoms in total. The van der Waals surface area contributed by atoms with Crippen molar-refractivity contribution < 1.29 is 24.5 Å². The number of fused-ring (bicyclic) bond motifs is 4. The number of nitrogens with zero attached hydrogens (tertiary/aromatic N) is 3. The summed E-state index contributed by atoms with van der Waals surface area (Å²) < 4.78 is 5.81. The molecule has 8 rings (SSSR count). The molecule has 51 heavy (non-hydrogen) atoms. The van der Waals surface area contributed by atoms with Gasteiger partial charge in [0.05, 0.1) is 5.58 Å². The van der Waals surface area contributed by atoms with Crippen molar-refractivity contribution in [2.45, 2.75) is 60.3 Å². The molecule has 4 heterocycles. The topological polar surface area (TPSA) is 51.8 Å². The van der Waals surface area contributed by atoms with Gasteiger partial charge in [0.1, 0.15) is 0 Å². The molecule has 0 saturated carbocycles. The first-order valence-corrected chi connectivity index (χ1v) is 17.1. The second-order valence-corrected chi connectivity index (χ2v) is 14.3. The molecule has 0 bridgehead atoms. The molecule has 257 valence electrons. The molecule has 4 aromatic carbocycles. The van der Waals surface area contributed by atoms with Crippen LogP contribution in [0.25, 0.3) is 55.2 Å². The minimum absolute atomic E-state index is 0. The van der Waals surface area contributed by atoms with E-state index in [0.717, 1.165) is 56.5 Å². The van der Waals surface area contributed by atoms with E-state index in [1.165, 1.54) is 44.2 Å². The second kappa shape index (κ2) is 14.7. The Hall–Kier alpha value is -4.96. The van der Waals surface area contributed by atoms with E-state index in [-0.39, 0.29) is 25.5 Å². The Morgan fingerprint density at radius 1 is 0.706 bits per heavy atom. The van der Waals surface area contributed by atoms with E-state index in [4.69, 9.17) is 14.4 Å². The van der Waals surface area contributed by atoms with Crippen molar-refractivity contribution in [2.24, 2.45) is 0 Å². The van der Waals surface area contributed by atoms with Gasteiger partial charge in [-0.3, -0.25) is 9.97 Å². The van der Waals surface area contributed by atoms with E-state index in [0.29, 0.717) is 0 Å². The largest absolute Gasteiger partial charge is 0.506 e. The third-order valence-electron chi connectivity index (χ3n) is 9.45. The van der Waals surface area contributed by atoms with Gasteiger partial charge in [-0.1, -0.05) is 123 Å². The maximum absolute atomic E-state index is 5.81. The standard InChI is InChI=1S/C31H25N2O.C15H16N.Ir/c1-31(2,3)28-11-10-25-26(19-24-13-15-34-30(24)29(25)33-28)27-18-21(12-14-32-27)16-20-8-9-22-6-4-5-7-23(22)17-20;1-10-5-6-14(7-11(10)2)15-8-12(3)13(4)9-16-15;/h4-15,17-18H,16H2,1-3H3;5,7-9H,1-4H3;/q2*-1;. The van der Waals surface area contributed by atoms with Crippen LogP contribution in [0.3, 0.4) is 0 Å². The van der Waals surface area contributed by atoms with Gasteiger partial charge in [-0.25, -0.2) is 0 Å². The zero-order valence-corrected chi connectivity index (χ0v) is 32.6. The molecular formula is C46H41IrN3O-2. The van der Waals surface area contributed by atoms with Crippen LogP contribution in [0.15, 0.2) is 114 Å². The first kappa shape index (κ1) is 35.9. The zero-order valence-electron chi connectivity index (χ0n) is 30.2. The van der Waals surface area contributed by atoms with Crippen LogP contribution in [0.4, 0.5) is 0 Å². The normalized spacial score (nSPS) is 11.4. The van der Waals surface area contributed by atoms with Gasteiger partial charge in [-0.05, 0) is 65.6 Å². The zero-order chi connectivity index (χ0) is 35.0. The van der Waals surface area contributed by atoms with Gasteiger partial charge in [0.25, 0.3) is 0 Å². The van der Waals surface area contributed by atoms with Crippen molar-refractivity contribution in [1.82, 2.24) is 15.0 Å². The van der Waals surface area contributed by atoms with E-state index in [2.05, 4.69) is 144 Å². The molecule has 0 aliphatic rings. The summed E-state index contributed by atoms with van der Waals surface area (Å²) in [4.78, 5) is 14.2. The van der Waals surface area contributed by atoms with Crippen molar-refractivity contribution in [3.63, 3.8) is 0 Å². The summed E-state index contributed by atoms with van der Waals surface area (Å²) in [7, 11) is 0. The first-order valence-electron chi connectivity index (χ1n) is 17.1. The summed E-state index contributed by atoms with van der Waals surface area (Å²) in [6.45, 7) is 14.9. The van der Waals surface area contributed by atoms with Crippen LogP contribution in [-0.2, 0) is 31.9 Å². The minimum Gasteiger partial charge on any atom is -0.506 e. The van der Waals surface area contributed by atoms with Crippen molar-refractivity contribution in [2.75, 3.05) is 0 Å². The van der Waals surface area contributed by atoms with Crippen molar-refractivity contribution in [1.29, 1.82) is 0 Å². The summed E-state index contributed by atoms with van der Waals surface area (Å²) in [5.74, 6) is 0. The molecule has 5 heteroatoms. The van der Waals surface area contributed by atoms with Gasteiger partial charge in [-0.2, -0.15) is 0 Å². The number of aryl methyl sites for hydroxylation is 4. The van der Waals surface area contributed by atoms with Crippen LogP contribution < -0.4 is 0 Å². The average Bonchev–Trinajstić information content (AvgIpc) is 3.59. The Morgan fingerprint density at radius 3 is 2.24 bits per heavy atom. The van der Waals surface area contributed by atoms with E-state index in [9.17, 15) is 0 Å². The Kier molecular flexibility index (Phi) is 10.3. The Labute approximate surface area is 314 Å². The van der Waals surface area contributed by atoms with Crippen LogP contribution in [0, 0.1) is 39.8 Å². The molecule has 0 saturated heterocycles. The van der Waals surface area contributed by atoms with Crippen LogP contribution >= 0.6 is 0 Å². The van der Waals surface area contributed by atoms with E-state index >= 15 is 0 Å². The number of hydrogen-bond acceptors (Lipinski definition) is 4. The molecular weight excluding hydrogens is 803 g/mol. The monoisotopic (exact) mass is 844 g/mol. The number of aromatic nitrogens is 3. The van der Waals surface area contributed by atoms with Gasteiger partial charge in [0.2, 0.25) is 0 Å². The average molecular weight is 844 g/mol. The smallest absolute Gasteiger partial charge is 0.0847 e. The molecule has 0 fully saturated rings. The molecule has 4 aromatic heterocycles. The van der Waals surface area contributed by atoms with E-state index < -0.39 is 0 Å². The number of benzene rings is 4. The SMILES string of the molecule is CC(C)(C)c1ccc2c(-c3cc(Cc4ccc5ccccc5c4)ccn3)[c-]c3ccoc3c2n1.Cc1c[c-]c(-c2cc(C)c(C)cn2)cc1C.[Ir]. The maximum Gasteiger partial charge on any atom is 0.0847 e. The van der Waals surface area contributed by atoms with E-state index in [1.54, 1.807) is 6.26 Å². The predicted molar refractivity (Wildman–Crippen MR) is 206 cm³/mol. The molecule has 0 N–H and O–H groups in total. The predicted octanol–water partition coefficient (Wildman–Crippen LogP) is 11.7. The van der Waals surface area contributed by atoms with Crippen LogP contribution in [0.1, 0.15) is 59.8 Å². The Morgan fingerprint density at radius 2 is 1.47 bits per heavy atom. The number of rotatable bonds is 4. The molecule has 0 atom stereocenters. The van der Waals surface area contributed by atoms with Gasteiger partial charge < -0.3 is 9.40 Å². The summed E-state index contributed by atoms with van der Waals surface area (Å²) in [5.41, 5.74) is 14.1. The molecule has 1 radical (unpaired) electrons. The van der Waals surface area contributed by atoms with Gasteiger partial charge in [-0.15, -0.1) is 41.0 Å². The van der Waals surface area contributed by atoms with Crippen LogP contribution in [-0.4, -0.2) is 15.0 Å². The molecule has 0 aliphatic carbocycles. The van der Waals surface area contributed by atoms with Crippen LogP contribution in [0.5, 0.6) is 0 Å². The summed E-state index contributed by atoms with van der Waals surface area (Å²) >= 11 is 0. The fourth-order valence-electron chi connectivity index (χ4n) is 6.14. The Bertz CT molecular complexity index is 2460. The third-order valence-corrected chi connectivity index (χ3v) is 9.45. The first-order chi connectivity index (χ1) is 24.0. The second-order valence-electron chi connectivity index (χ2n) is 14.3. The van der Waals surface area contributed by atoms with Crippen molar-refractivity contribution >= 4 is 32.6 Å². The van der Waals surface area contributed by atoms with Crippen molar-refractivity contribution in [3.05, 3.63) is 161 Å². The molecule has 0 spiro atoms. The van der Waals surface area contributed by atoms with E-state index in [1.807, 2.05) is 24.5 Å². The summed E-state index contributed by atoms with van der Waals surface area (Å²) in [6.07, 6.45) is 6.37. The molecule has 8 aromatic rings. The Balaban J connectivity index is 0.000000222.